The van der Waals surface area contributed by atoms with Crippen LogP contribution in [0.5, 0.6) is 34.5 Å². The highest BCUT2D eigenvalue weighted by atomic mass is 32.2. The van der Waals surface area contributed by atoms with E-state index in [2.05, 4.69) is 10.6 Å². The predicted molar refractivity (Wildman–Crippen MR) is 355 cm³/mol. The molecule has 0 aromatic heterocycles. The number of hydroxylamine groups is 1. The number of methoxy groups -OCH3 is 2. The van der Waals surface area contributed by atoms with Crippen molar-refractivity contribution in [3.63, 3.8) is 0 Å². The predicted octanol–water partition coefficient (Wildman–Crippen LogP) is 7.30. The molecule has 8 rings (SSSR count). The summed E-state index contributed by atoms with van der Waals surface area (Å²) in [7, 11) is -15.3. The molecule has 96 heavy (non-hydrogen) atoms. The number of ether oxygens (including phenoxy) is 6. The molecule has 0 spiro atoms. The number of carbonyl (C=O) groups excluding carboxylic acids is 2. The highest BCUT2D eigenvalue weighted by Gasteiger charge is 2.38. The Labute approximate surface area is 561 Å². The second kappa shape index (κ2) is 31.1. The van der Waals surface area contributed by atoms with Gasteiger partial charge in [-0.15, -0.1) is 0 Å². The van der Waals surface area contributed by atoms with Crippen LogP contribution in [0.15, 0.2) is 158 Å². The zero-order valence-corrected chi connectivity index (χ0v) is 58.2. The molecule has 27 nitrogen and oxygen atoms in total. The Bertz CT molecular complexity index is 4230. The van der Waals surface area contributed by atoms with Gasteiger partial charge in [0, 0.05) is 77.3 Å². The van der Waals surface area contributed by atoms with Gasteiger partial charge in [-0.3, -0.25) is 4.84 Å². The highest BCUT2D eigenvalue weighted by molar-refractivity contribution is 7.92. The topological polar surface area (TPSA) is 326 Å². The first kappa shape index (κ1) is 73.2. The fourth-order valence-electron chi connectivity index (χ4n) is 10.2. The summed E-state index contributed by atoms with van der Waals surface area (Å²) in [6.07, 6.45) is -3.11. The van der Waals surface area contributed by atoms with Gasteiger partial charge in [-0.1, -0.05) is 48.5 Å². The van der Waals surface area contributed by atoms with Crippen molar-refractivity contribution in [2.24, 2.45) is 10.9 Å². The molecule has 2 atom stereocenters. The van der Waals surface area contributed by atoms with E-state index in [-0.39, 0.29) is 75.2 Å². The Morgan fingerprint density at radius 3 is 1.24 bits per heavy atom. The number of oxime groups is 1. The van der Waals surface area contributed by atoms with Crippen molar-refractivity contribution in [3.8, 4) is 34.5 Å². The number of esters is 2. The van der Waals surface area contributed by atoms with Crippen LogP contribution < -0.4 is 48.3 Å². The molecule has 2 saturated heterocycles. The van der Waals surface area contributed by atoms with Gasteiger partial charge in [0.1, 0.15) is 71.9 Å². The van der Waals surface area contributed by atoms with E-state index in [0.29, 0.717) is 48.8 Å². The molecule has 31 heteroatoms. The molecule has 0 amide bonds. The number of sulfonamides is 2. The van der Waals surface area contributed by atoms with E-state index in [4.69, 9.17) is 52.2 Å². The van der Waals surface area contributed by atoms with Gasteiger partial charge in [0.25, 0.3) is 5.96 Å². The zero-order chi connectivity index (χ0) is 69.8. The molecule has 0 bridgehead atoms. The summed E-state index contributed by atoms with van der Waals surface area (Å²) in [5, 5.41) is 3.79. The van der Waals surface area contributed by atoms with E-state index >= 15 is 0 Å². The van der Waals surface area contributed by atoms with Crippen molar-refractivity contribution in [1.29, 1.82) is 0 Å². The number of anilines is 2. The number of para-hydroxylation sites is 4. The Hall–Kier alpha value is -8.59. The van der Waals surface area contributed by atoms with Gasteiger partial charge in [0.2, 0.25) is 20.0 Å². The van der Waals surface area contributed by atoms with E-state index in [9.17, 15) is 43.3 Å². The van der Waals surface area contributed by atoms with Gasteiger partial charge in [-0.25, -0.2) is 31.9 Å². The standard InChI is InChI=1S/C65H81N7O20S4/c1-45-39-47(43-49(41-45)91-95(79,80)59-25-17-15-23-57(59)93(75,76)71-33-29-69(30-34-71)51-19-11-13-21-53(51)83-9)87-55(61(73)89-64(3,4)5)27-37-85-67-63(66)68-86-38-28-56(62(74)90-65(6,7)8)88-48-40-46(2)42-50(44-48)92-96(81,82)60-26-18-16-24-58(60)94(77,78)72-35-31-70(32-36-72)52-20-12-14-22-54(52)84-10/h11-26,39-44,55-56H,27-38H2,1-10H3,(H3,66,67,68). The molecule has 2 aliphatic rings. The molecule has 2 fully saturated rings. The molecule has 2 unspecified atom stereocenters. The van der Waals surface area contributed by atoms with Crippen LogP contribution in [0.3, 0.4) is 0 Å². The van der Waals surface area contributed by atoms with Crippen molar-refractivity contribution in [3.05, 3.63) is 145 Å². The molecular weight excluding hydrogens is 1330 g/mol. The van der Waals surface area contributed by atoms with Gasteiger partial charge in [0.05, 0.1) is 32.2 Å². The number of rotatable bonds is 28. The maximum absolute atomic E-state index is 14.2. The van der Waals surface area contributed by atoms with E-state index in [1.54, 1.807) is 69.6 Å². The van der Waals surface area contributed by atoms with Crippen LogP contribution in [-0.4, -0.2) is 163 Å². The lowest BCUT2D eigenvalue weighted by Gasteiger charge is -2.36. The Kier molecular flexibility index (Phi) is 23.7. The number of carbonyl (C=O) groups is 2. The van der Waals surface area contributed by atoms with E-state index < -0.39 is 101 Å². The molecule has 0 saturated carbocycles. The summed E-state index contributed by atoms with van der Waals surface area (Å²) >= 11 is 0. The SMILES string of the molecule is COc1ccccc1N1CCN(S(=O)(=O)c2ccccc2S(=O)(=O)Oc2cc(C)cc(OC(CCON=C(N)NOCCC(Oc3cc(C)cc(OS(=O)(=O)c4ccccc4S(=O)(=O)N4CCN(c5ccccc5OC)CC4)c3)C(=O)OC(C)(C)C)C(=O)OC(C)(C)C)c2)CC1. The third-order valence-corrected chi connectivity index (χ3v) is 21.2. The second-order valence-corrected chi connectivity index (χ2v) is 31.0. The summed E-state index contributed by atoms with van der Waals surface area (Å²) in [6.45, 7) is 14.1. The normalized spacial score (nSPS) is 15.4. The fourth-order valence-corrected chi connectivity index (χ4v) is 16.5. The second-order valence-electron chi connectivity index (χ2n) is 24.2. The van der Waals surface area contributed by atoms with E-state index in [1.807, 2.05) is 58.3 Å². The maximum Gasteiger partial charge on any atom is 0.347 e. The molecular formula is C65H81N7O20S4. The summed E-state index contributed by atoms with van der Waals surface area (Å²) in [6, 6.07) is 33.3. The number of benzene rings is 6. The number of aryl methyl sites for hydroxylation is 2. The van der Waals surface area contributed by atoms with Gasteiger partial charge >= 0.3 is 32.2 Å². The number of nitrogens with zero attached hydrogens (tertiary/aromatic N) is 5. The Morgan fingerprint density at radius 1 is 0.500 bits per heavy atom. The first-order valence-electron chi connectivity index (χ1n) is 30.5. The van der Waals surface area contributed by atoms with E-state index in [1.165, 1.54) is 81.4 Å². The average Bonchev–Trinajstić information content (AvgIpc) is 0.775. The number of hydrogen-bond acceptors (Lipinski definition) is 23. The number of guanidine groups is 1. The third-order valence-electron chi connectivity index (χ3n) is 14.5. The lowest BCUT2D eigenvalue weighted by atomic mass is 10.2. The summed E-state index contributed by atoms with van der Waals surface area (Å²) in [5.41, 5.74) is 8.99. The number of hydrogen-bond donors (Lipinski definition) is 2. The molecule has 6 aromatic carbocycles. The lowest BCUT2D eigenvalue weighted by Crippen LogP contribution is -2.49. The number of piperazine rings is 2. The minimum absolute atomic E-state index is 0.00982. The lowest BCUT2D eigenvalue weighted by molar-refractivity contribution is -0.165. The maximum atomic E-state index is 14.2. The van der Waals surface area contributed by atoms with Gasteiger partial charge < -0.3 is 57.2 Å². The van der Waals surface area contributed by atoms with Crippen molar-refractivity contribution in [1.82, 2.24) is 14.1 Å². The van der Waals surface area contributed by atoms with Crippen LogP contribution in [0.4, 0.5) is 11.4 Å². The fraction of sp³-hybridized carbons (Fsp3) is 0.400. The Balaban J connectivity index is 0.871. The molecule has 3 N–H and O–H groups in total. The highest BCUT2D eigenvalue weighted by Crippen LogP contribution is 2.36. The van der Waals surface area contributed by atoms with Gasteiger partial charge in [0.15, 0.2) is 12.2 Å². The first-order valence-corrected chi connectivity index (χ1v) is 36.2. The summed E-state index contributed by atoms with van der Waals surface area (Å²) in [5.74, 6) is -1.28. The monoisotopic (exact) mass is 1410 g/mol. The third kappa shape index (κ3) is 19.3. The van der Waals surface area contributed by atoms with Gasteiger partial charge in [-0.2, -0.15) is 25.4 Å². The summed E-state index contributed by atoms with van der Waals surface area (Å²) < 4.78 is 161. The van der Waals surface area contributed by atoms with Crippen LogP contribution in [0.2, 0.25) is 0 Å². The first-order chi connectivity index (χ1) is 45.3. The van der Waals surface area contributed by atoms with Crippen LogP contribution in [0, 0.1) is 13.8 Å². The molecule has 520 valence electrons. The quantitative estimate of drug-likeness (QED) is 0.0121. The smallest absolute Gasteiger partial charge is 0.347 e. The van der Waals surface area contributed by atoms with Gasteiger partial charge in [-0.05, 0) is 144 Å². The minimum atomic E-state index is -4.83. The number of nitrogens with one attached hydrogen (secondary N) is 1. The van der Waals surface area contributed by atoms with Crippen molar-refractivity contribution in [2.45, 2.75) is 111 Å². The van der Waals surface area contributed by atoms with Crippen molar-refractivity contribution >= 4 is 69.6 Å². The molecule has 6 aromatic rings. The molecule has 0 aliphatic carbocycles. The van der Waals surface area contributed by atoms with Crippen LogP contribution in [0.1, 0.15) is 65.5 Å². The minimum Gasteiger partial charge on any atom is -0.495 e. The molecule has 2 aliphatic heterocycles. The molecule has 2 heterocycles. The van der Waals surface area contributed by atoms with Crippen LogP contribution in [-0.2, 0) is 69.0 Å². The average molecular weight is 1410 g/mol. The van der Waals surface area contributed by atoms with Crippen LogP contribution >= 0.6 is 0 Å². The zero-order valence-electron chi connectivity index (χ0n) is 55.0. The Morgan fingerprint density at radius 2 is 0.854 bits per heavy atom. The number of nitrogens with two attached hydrogens (primary N) is 1. The molecule has 0 radical (unpaired) electrons. The van der Waals surface area contributed by atoms with E-state index in [0.717, 1.165) is 23.5 Å². The summed E-state index contributed by atoms with van der Waals surface area (Å²) in [4.78, 5) is 40.0. The largest absolute Gasteiger partial charge is 0.495 e. The van der Waals surface area contributed by atoms with Crippen LogP contribution in [0.25, 0.3) is 0 Å². The van der Waals surface area contributed by atoms with Crippen molar-refractivity contribution < 1.29 is 89.7 Å². The van der Waals surface area contributed by atoms with Crippen molar-refractivity contribution in [2.75, 3.05) is 89.6 Å².